The summed E-state index contributed by atoms with van der Waals surface area (Å²) >= 11 is 0. The van der Waals surface area contributed by atoms with E-state index >= 15 is 0 Å². The van der Waals surface area contributed by atoms with E-state index < -0.39 is 5.97 Å². The molecule has 6 heteroatoms. The van der Waals surface area contributed by atoms with Crippen molar-refractivity contribution in [3.8, 4) is 23.0 Å². The highest BCUT2D eigenvalue weighted by molar-refractivity contribution is 5.92. The number of carbonyl (C=O) groups excluding carboxylic acids is 1. The summed E-state index contributed by atoms with van der Waals surface area (Å²) in [6.07, 6.45) is 1.26. The predicted octanol–water partition coefficient (Wildman–Crippen LogP) is 6.36. The molecule has 168 valence electrons. The van der Waals surface area contributed by atoms with E-state index in [2.05, 4.69) is 0 Å². The van der Waals surface area contributed by atoms with Gasteiger partial charge in [0, 0.05) is 6.07 Å². The Morgan fingerprint density at radius 3 is 2.35 bits per heavy atom. The minimum Gasteiger partial charge on any atom is -0.494 e. The molecule has 1 heterocycles. The van der Waals surface area contributed by atoms with Crippen LogP contribution in [0.5, 0.6) is 23.0 Å². The second-order valence-electron chi connectivity index (χ2n) is 7.54. The van der Waals surface area contributed by atoms with Crippen LogP contribution in [0.1, 0.15) is 17.3 Å². The lowest BCUT2D eigenvalue weighted by Gasteiger charge is -2.08. The zero-order valence-corrected chi connectivity index (χ0v) is 18.3. The van der Waals surface area contributed by atoms with E-state index in [-0.39, 0.29) is 22.5 Å². The number of esters is 1. The van der Waals surface area contributed by atoms with Gasteiger partial charge in [0.2, 0.25) is 11.2 Å². The Morgan fingerprint density at radius 1 is 0.824 bits per heavy atom. The molecule has 5 rings (SSSR count). The van der Waals surface area contributed by atoms with E-state index in [1.165, 1.54) is 12.3 Å². The van der Waals surface area contributed by atoms with Crippen LogP contribution in [0.3, 0.4) is 0 Å². The van der Waals surface area contributed by atoms with Crippen molar-refractivity contribution in [3.63, 3.8) is 0 Å². The molecule has 34 heavy (non-hydrogen) atoms. The summed E-state index contributed by atoms with van der Waals surface area (Å²) in [6.45, 7) is 2.43. The lowest BCUT2D eigenvalue weighted by atomic mass is 10.1. The van der Waals surface area contributed by atoms with Crippen LogP contribution in [0, 0.1) is 0 Å². The van der Waals surface area contributed by atoms with E-state index in [9.17, 15) is 9.59 Å². The minimum atomic E-state index is -0.527. The summed E-state index contributed by atoms with van der Waals surface area (Å²) in [5, 5.41) is 2.40. The normalized spacial score (nSPS) is 10.9. The van der Waals surface area contributed by atoms with Crippen molar-refractivity contribution in [1.82, 2.24) is 0 Å². The van der Waals surface area contributed by atoms with Gasteiger partial charge in [-0.1, -0.05) is 30.3 Å². The molecule has 0 aliphatic carbocycles. The van der Waals surface area contributed by atoms with Crippen LogP contribution < -0.4 is 19.6 Å². The Kier molecular flexibility index (Phi) is 5.70. The number of hydrogen-bond donors (Lipinski definition) is 0. The van der Waals surface area contributed by atoms with Crippen LogP contribution in [-0.4, -0.2) is 12.6 Å². The summed E-state index contributed by atoms with van der Waals surface area (Å²) in [5.41, 5.74) is 0.343. The van der Waals surface area contributed by atoms with Gasteiger partial charge in [0.1, 0.15) is 29.1 Å². The third-order valence-corrected chi connectivity index (χ3v) is 5.27. The fraction of sp³-hybridized carbons (Fsp3) is 0.0714. The average Bonchev–Trinajstić information content (AvgIpc) is 2.86. The van der Waals surface area contributed by atoms with Crippen LogP contribution in [0.2, 0.25) is 0 Å². The fourth-order valence-electron chi connectivity index (χ4n) is 3.60. The van der Waals surface area contributed by atoms with Gasteiger partial charge < -0.3 is 18.6 Å². The molecule has 4 aromatic carbocycles. The van der Waals surface area contributed by atoms with E-state index in [0.29, 0.717) is 29.1 Å². The topological polar surface area (TPSA) is 75.0 Å². The molecule has 0 aliphatic heterocycles. The van der Waals surface area contributed by atoms with Crippen molar-refractivity contribution in [2.24, 2.45) is 0 Å². The van der Waals surface area contributed by atoms with Crippen LogP contribution in [0.15, 0.2) is 100 Å². The molecule has 0 fully saturated rings. The van der Waals surface area contributed by atoms with E-state index in [0.717, 1.165) is 10.8 Å². The van der Waals surface area contributed by atoms with Gasteiger partial charge in [-0.3, -0.25) is 4.79 Å². The number of ether oxygens (including phenoxy) is 3. The number of fused-ring (bicyclic) bond motifs is 2. The first-order valence-electron chi connectivity index (χ1n) is 10.8. The van der Waals surface area contributed by atoms with E-state index in [4.69, 9.17) is 18.6 Å². The summed E-state index contributed by atoms with van der Waals surface area (Å²) in [5.74, 6) is 1.01. The second kappa shape index (κ2) is 9.11. The summed E-state index contributed by atoms with van der Waals surface area (Å²) < 4.78 is 22.2. The molecule has 0 unspecified atom stereocenters. The van der Waals surface area contributed by atoms with Gasteiger partial charge in [-0.05, 0) is 66.2 Å². The molecule has 5 aromatic rings. The Hall–Kier alpha value is -4.58. The third kappa shape index (κ3) is 4.34. The van der Waals surface area contributed by atoms with Gasteiger partial charge in [0.05, 0.1) is 17.6 Å². The monoisotopic (exact) mass is 452 g/mol. The molecule has 0 spiro atoms. The maximum absolute atomic E-state index is 12.9. The minimum absolute atomic E-state index is 0.0712. The highest BCUT2D eigenvalue weighted by Gasteiger charge is 2.13. The molecule has 0 N–H and O–H groups in total. The Labute approximate surface area is 194 Å². The van der Waals surface area contributed by atoms with Crippen molar-refractivity contribution >= 4 is 27.7 Å². The number of carbonyl (C=O) groups is 1. The van der Waals surface area contributed by atoms with Gasteiger partial charge in [-0.2, -0.15) is 0 Å². The SMILES string of the molecule is CCOc1ccc(C(=O)Oc2ccc3c(=O)c(Oc4ccc5ccccc5c4)coc3c2)cc1. The molecule has 0 bridgehead atoms. The Balaban J connectivity index is 1.36. The predicted molar refractivity (Wildman–Crippen MR) is 129 cm³/mol. The van der Waals surface area contributed by atoms with Crippen LogP contribution >= 0.6 is 0 Å². The molecule has 6 nitrogen and oxygen atoms in total. The maximum Gasteiger partial charge on any atom is 0.343 e. The molecule has 0 amide bonds. The molecule has 0 aliphatic rings. The summed E-state index contributed by atoms with van der Waals surface area (Å²) in [7, 11) is 0. The van der Waals surface area contributed by atoms with Gasteiger partial charge in [0.25, 0.3) is 0 Å². The molecule has 0 saturated carbocycles. The Bertz CT molecular complexity index is 1550. The number of hydrogen-bond acceptors (Lipinski definition) is 6. The molecule has 0 radical (unpaired) electrons. The van der Waals surface area contributed by atoms with Crippen molar-refractivity contribution in [3.05, 3.63) is 107 Å². The smallest absolute Gasteiger partial charge is 0.343 e. The first-order chi connectivity index (χ1) is 16.6. The lowest BCUT2D eigenvalue weighted by Crippen LogP contribution is -2.09. The van der Waals surface area contributed by atoms with Crippen molar-refractivity contribution < 1.29 is 23.4 Å². The van der Waals surface area contributed by atoms with Crippen molar-refractivity contribution in [1.29, 1.82) is 0 Å². The fourth-order valence-corrected chi connectivity index (χ4v) is 3.60. The van der Waals surface area contributed by atoms with Crippen molar-refractivity contribution in [2.45, 2.75) is 6.92 Å². The van der Waals surface area contributed by atoms with Gasteiger partial charge in [0.15, 0.2) is 0 Å². The summed E-state index contributed by atoms with van der Waals surface area (Å²) in [4.78, 5) is 25.4. The quantitative estimate of drug-likeness (QED) is 0.221. The van der Waals surface area contributed by atoms with Crippen LogP contribution in [0.25, 0.3) is 21.7 Å². The van der Waals surface area contributed by atoms with Crippen LogP contribution in [0.4, 0.5) is 0 Å². The zero-order valence-electron chi connectivity index (χ0n) is 18.3. The molecule has 0 atom stereocenters. The van der Waals surface area contributed by atoms with Gasteiger partial charge in [-0.25, -0.2) is 4.79 Å². The zero-order chi connectivity index (χ0) is 23.5. The molecule has 0 saturated heterocycles. The number of rotatable bonds is 6. The standard InChI is InChI=1S/C28H20O6/c1-2-31-21-10-8-19(9-11-21)28(30)34-23-13-14-24-25(16-23)32-17-26(27(24)29)33-22-12-7-18-5-3-4-6-20(18)15-22/h3-17H,2H2,1H3. The first kappa shape index (κ1) is 21.3. The van der Waals surface area contributed by atoms with Gasteiger partial charge in [-0.15, -0.1) is 0 Å². The Morgan fingerprint density at radius 2 is 1.56 bits per heavy atom. The maximum atomic E-state index is 12.9. The average molecular weight is 452 g/mol. The number of benzene rings is 4. The lowest BCUT2D eigenvalue weighted by molar-refractivity contribution is 0.0735. The van der Waals surface area contributed by atoms with E-state index in [1.54, 1.807) is 42.5 Å². The highest BCUT2D eigenvalue weighted by atomic mass is 16.5. The van der Waals surface area contributed by atoms with Gasteiger partial charge >= 0.3 is 5.97 Å². The largest absolute Gasteiger partial charge is 0.494 e. The highest BCUT2D eigenvalue weighted by Crippen LogP contribution is 2.27. The second-order valence-corrected chi connectivity index (χ2v) is 7.54. The van der Waals surface area contributed by atoms with Crippen molar-refractivity contribution in [2.75, 3.05) is 6.61 Å². The molecular formula is C28H20O6. The summed E-state index contributed by atoms with van der Waals surface area (Å²) in [6, 6.07) is 24.7. The first-order valence-corrected chi connectivity index (χ1v) is 10.8. The van der Waals surface area contributed by atoms with Crippen LogP contribution in [-0.2, 0) is 0 Å². The molecular weight excluding hydrogens is 432 g/mol. The molecule has 1 aromatic heterocycles. The van der Waals surface area contributed by atoms with E-state index in [1.807, 2.05) is 43.3 Å². The third-order valence-electron chi connectivity index (χ3n) is 5.27.